The fraction of sp³-hybridized carbons (Fsp3) is 0.231. The van der Waals surface area contributed by atoms with E-state index >= 15 is 0 Å². The molecule has 0 bridgehead atoms. The van der Waals surface area contributed by atoms with Crippen LogP contribution in [-0.2, 0) is 32.6 Å². The molecule has 0 spiro atoms. The first-order valence-electron chi connectivity index (χ1n) is 11.2. The predicted molar refractivity (Wildman–Crippen MR) is 140 cm³/mol. The van der Waals surface area contributed by atoms with Gasteiger partial charge in [-0.2, -0.15) is 0 Å². The Hall–Kier alpha value is -3.40. The molecule has 3 aromatic carbocycles. The van der Waals surface area contributed by atoms with Crippen LogP contribution in [0.3, 0.4) is 0 Å². The number of nitrogens with one attached hydrogen (secondary N) is 1. The molecule has 8 nitrogen and oxygen atoms in total. The van der Waals surface area contributed by atoms with Crippen molar-refractivity contribution in [1.82, 2.24) is 0 Å². The Labute approximate surface area is 215 Å². The Bertz CT molecular complexity index is 1330. The van der Waals surface area contributed by atoms with E-state index in [2.05, 4.69) is 0 Å². The average Bonchev–Trinajstić information content (AvgIpc) is 2.82. The van der Waals surface area contributed by atoms with Gasteiger partial charge in [-0.1, -0.05) is 60.1 Å². The maximum Gasteiger partial charge on any atom is 0.305 e. The number of hydrogen-bond donors (Lipinski definition) is 3. The van der Waals surface area contributed by atoms with E-state index < -0.39 is 22.0 Å². The summed E-state index contributed by atoms with van der Waals surface area (Å²) in [5.74, 6) is -1.10. The third-order valence-electron chi connectivity index (χ3n) is 5.48. The molecular weight excluding hydrogens is 502 g/mol. The second kappa shape index (κ2) is 12.0. The minimum atomic E-state index is -4.14. The molecule has 0 saturated carbocycles. The summed E-state index contributed by atoms with van der Waals surface area (Å²) in [4.78, 5) is 11.3. The summed E-state index contributed by atoms with van der Waals surface area (Å²) in [6.07, 6.45) is 0.271. The molecule has 0 aliphatic rings. The number of sulfonamides is 1. The van der Waals surface area contributed by atoms with Crippen molar-refractivity contribution < 1.29 is 23.1 Å². The number of rotatable bonds is 12. The number of carbonyl (C=O) groups is 1. The summed E-state index contributed by atoms with van der Waals surface area (Å²) in [6.45, 7) is 2.22. The molecule has 0 saturated heterocycles. The van der Waals surface area contributed by atoms with Crippen LogP contribution in [0.2, 0.25) is 5.02 Å². The average molecular weight is 530 g/mol. The highest BCUT2D eigenvalue weighted by molar-refractivity contribution is 7.93. The van der Waals surface area contributed by atoms with Gasteiger partial charge < -0.3 is 15.6 Å². The highest BCUT2D eigenvalue weighted by Crippen LogP contribution is 2.31. The first kappa shape index (κ1) is 27.2. The zero-order chi connectivity index (χ0) is 26.3. The van der Waals surface area contributed by atoms with Gasteiger partial charge in [0.1, 0.15) is 10.7 Å². The molecule has 3 rings (SSSR count). The molecule has 190 valence electrons. The number of hydrogen-bond acceptors (Lipinski definition) is 5. The molecular formula is C26H28ClN3O5S. The second-order valence-electron chi connectivity index (χ2n) is 8.26. The molecule has 36 heavy (non-hydrogen) atoms. The van der Waals surface area contributed by atoms with Crippen molar-refractivity contribution in [3.63, 3.8) is 0 Å². The zero-order valence-electron chi connectivity index (χ0n) is 19.7. The molecule has 0 aliphatic carbocycles. The second-order valence-corrected chi connectivity index (χ2v) is 10.5. The van der Waals surface area contributed by atoms with E-state index in [1.165, 1.54) is 12.1 Å². The summed E-state index contributed by atoms with van der Waals surface area (Å²) in [5.41, 5.74) is 8.23. The van der Waals surface area contributed by atoms with Crippen LogP contribution in [0.15, 0.2) is 77.7 Å². The summed E-state index contributed by atoms with van der Waals surface area (Å²) >= 11 is 6.18. The van der Waals surface area contributed by atoms with Gasteiger partial charge in [0.05, 0.1) is 36.4 Å². The standard InChI is InChI=1S/C26H28ClN3O5S/c1-18(15-25(31)32)30(36(33,34)24-8-3-2-7-23(24)27)22-6-4-5-20(16-22)17-35-14-13-19-9-11-21(12-10-19)26(28)29/h2-12,16,18H,13-15,17H2,1H3,(H3,28,29)(H,31,32). The molecule has 0 radical (unpaired) electrons. The number of benzene rings is 3. The lowest BCUT2D eigenvalue weighted by Crippen LogP contribution is -2.40. The number of carboxylic acid groups (broad SMARTS) is 1. The van der Waals surface area contributed by atoms with Crippen LogP contribution in [0.4, 0.5) is 5.69 Å². The van der Waals surface area contributed by atoms with E-state index in [0.29, 0.717) is 24.3 Å². The van der Waals surface area contributed by atoms with Gasteiger partial charge in [-0.15, -0.1) is 0 Å². The highest BCUT2D eigenvalue weighted by Gasteiger charge is 2.32. The van der Waals surface area contributed by atoms with Gasteiger partial charge in [0.25, 0.3) is 10.0 Å². The Morgan fingerprint density at radius 2 is 1.78 bits per heavy atom. The maximum absolute atomic E-state index is 13.6. The van der Waals surface area contributed by atoms with Crippen LogP contribution in [-0.4, -0.2) is 38.0 Å². The topological polar surface area (TPSA) is 134 Å². The van der Waals surface area contributed by atoms with Crippen LogP contribution in [0.25, 0.3) is 0 Å². The Morgan fingerprint density at radius 1 is 1.08 bits per heavy atom. The summed E-state index contributed by atoms with van der Waals surface area (Å²) in [7, 11) is -4.14. The normalized spacial score (nSPS) is 12.2. The van der Waals surface area contributed by atoms with Gasteiger partial charge in [0.15, 0.2) is 0 Å². The highest BCUT2D eigenvalue weighted by atomic mass is 35.5. The van der Waals surface area contributed by atoms with Crippen molar-refractivity contribution >= 4 is 39.1 Å². The van der Waals surface area contributed by atoms with Gasteiger partial charge in [0.2, 0.25) is 0 Å². The van der Waals surface area contributed by atoms with Crippen LogP contribution in [0, 0.1) is 5.41 Å². The Balaban J connectivity index is 1.77. The SMILES string of the molecule is CC(CC(=O)O)N(c1cccc(COCCc2ccc(C(=N)N)cc2)c1)S(=O)(=O)c1ccccc1Cl. The third-order valence-corrected chi connectivity index (χ3v) is 7.92. The quantitative estimate of drug-likeness (QED) is 0.180. The monoisotopic (exact) mass is 529 g/mol. The number of nitrogen functional groups attached to an aromatic ring is 1. The Morgan fingerprint density at radius 3 is 2.42 bits per heavy atom. The van der Waals surface area contributed by atoms with Crippen LogP contribution in [0.5, 0.6) is 0 Å². The predicted octanol–water partition coefficient (Wildman–Crippen LogP) is 4.44. The number of nitrogens with zero attached hydrogens (tertiary/aromatic N) is 1. The smallest absolute Gasteiger partial charge is 0.305 e. The lowest BCUT2D eigenvalue weighted by Gasteiger charge is -2.30. The molecule has 0 amide bonds. The lowest BCUT2D eigenvalue weighted by atomic mass is 10.1. The summed E-state index contributed by atoms with van der Waals surface area (Å²) in [5, 5.41) is 16.8. The van der Waals surface area contributed by atoms with Crippen molar-refractivity contribution in [2.45, 2.75) is 37.3 Å². The third kappa shape index (κ3) is 6.84. The zero-order valence-corrected chi connectivity index (χ0v) is 21.3. The van der Waals surface area contributed by atoms with Gasteiger partial charge in [-0.3, -0.25) is 14.5 Å². The van der Waals surface area contributed by atoms with Crippen LogP contribution < -0.4 is 10.0 Å². The minimum Gasteiger partial charge on any atom is -0.481 e. The first-order chi connectivity index (χ1) is 17.1. The molecule has 0 aromatic heterocycles. The van der Waals surface area contributed by atoms with E-state index in [0.717, 1.165) is 15.4 Å². The minimum absolute atomic E-state index is 0.0148. The number of anilines is 1. The molecule has 0 heterocycles. The number of ether oxygens (including phenoxy) is 1. The van der Waals surface area contributed by atoms with Gasteiger partial charge >= 0.3 is 5.97 Å². The molecule has 3 aromatic rings. The van der Waals surface area contributed by atoms with E-state index in [-0.39, 0.29) is 28.8 Å². The lowest BCUT2D eigenvalue weighted by molar-refractivity contribution is -0.137. The number of nitrogens with two attached hydrogens (primary N) is 1. The number of amidine groups is 1. The van der Waals surface area contributed by atoms with Gasteiger partial charge in [-0.25, -0.2) is 8.42 Å². The molecule has 4 N–H and O–H groups in total. The van der Waals surface area contributed by atoms with Crippen LogP contribution in [0.1, 0.15) is 30.0 Å². The van der Waals surface area contributed by atoms with Crippen molar-refractivity contribution in [3.8, 4) is 0 Å². The van der Waals surface area contributed by atoms with E-state index in [4.69, 9.17) is 27.5 Å². The largest absolute Gasteiger partial charge is 0.481 e. The molecule has 1 unspecified atom stereocenters. The van der Waals surface area contributed by atoms with Crippen LogP contribution >= 0.6 is 11.6 Å². The molecule has 10 heteroatoms. The number of carboxylic acids is 1. The molecule has 0 aliphatic heterocycles. The Kier molecular flexibility index (Phi) is 9.08. The molecule has 1 atom stereocenters. The van der Waals surface area contributed by atoms with Crippen molar-refractivity contribution in [1.29, 1.82) is 5.41 Å². The van der Waals surface area contributed by atoms with Crippen molar-refractivity contribution in [2.75, 3.05) is 10.9 Å². The fourth-order valence-corrected chi connectivity index (χ4v) is 5.88. The number of halogens is 1. The summed E-state index contributed by atoms with van der Waals surface area (Å²) < 4.78 is 34.0. The molecule has 0 fully saturated rings. The van der Waals surface area contributed by atoms with E-state index in [1.807, 2.05) is 18.2 Å². The van der Waals surface area contributed by atoms with Crippen molar-refractivity contribution in [3.05, 3.63) is 94.5 Å². The maximum atomic E-state index is 13.6. The van der Waals surface area contributed by atoms with E-state index in [9.17, 15) is 18.3 Å². The van der Waals surface area contributed by atoms with E-state index in [1.54, 1.807) is 49.4 Å². The fourth-order valence-electron chi connectivity index (χ4n) is 3.74. The number of aliphatic carboxylic acids is 1. The van der Waals surface area contributed by atoms with Gasteiger partial charge in [0, 0.05) is 5.56 Å². The van der Waals surface area contributed by atoms with Crippen molar-refractivity contribution in [2.24, 2.45) is 5.73 Å². The van der Waals surface area contributed by atoms with Gasteiger partial charge in [-0.05, 0) is 48.7 Å². The summed E-state index contributed by atoms with van der Waals surface area (Å²) in [6, 6.07) is 19.4. The first-order valence-corrected chi connectivity index (χ1v) is 13.0.